The monoisotopic (exact) mass is 1050 g/mol. The highest BCUT2D eigenvalue weighted by molar-refractivity contribution is 7.29. The van der Waals surface area contributed by atoms with Gasteiger partial charge in [0, 0.05) is 40.4 Å². The van der Waals surface area contributed by atoms with Crippen LogP contribution in [0.5, 0.6) is 0 Å². The Morgan fingerprint density at radius 3 is 0.730 bits per heavy atom. The fraction of sp³-hybridized carbons (Fsp3) is 0.375. The van der Waals surface area contributed by atoms with Gasteiger partial charge in [-0.2, -0.15) is 114 Å². The number of thiophene rings is 5. The number of hydrogen-bond acceptors (Lipinski definition) is 5. The van der Waals surface area contributed by atoms with Crippen molar-refractivity contribution in [3.63, 3.8) is 0 Å². The van der Waals surface area contributed by atoms with Crippen molar-refractivity contribution in [1.82, 2.24) is 0 Å². The van der Waals surface area contributed by atoms with E-state index in [9.17, 15) is 96.6 Å². The molecule has 0 spiro atoms. The van der Waals surface area contributed by atoms with E-state index in [1.165, 1.54) is 12.1 Å². The topological polar surface area (TPSA) is 0 Å². The molecule has 0 amide bonds. The molecule has 0 aliphatic rings. The first-order valence-electron chi connectivity index (χ1n) is 15.5. The van der Waals surface area contributed by atoms with Gasteiger partial charge in [-0.15, -0.1) is 56.7 Å². The number of rotatable bonds is 14. The zero-order valence-corrected chi connectivity index (χ0v) is 32.7. The van der Waals surface area contributed by atoms with E-state index in [2.05, 4.69) is 0 Å². The van der Waals surface area contributed by atoms with Gasteiger partial charge in [0.1, 0.15) is 0 Å². The second-order valence-electron chi connectivity index (χ2n) is 12.6. The van der Waals surface area contributed by atoms with Gasteiger partial charge in [-0.3, -0.25) is 0 Å². The predicted octanol–water partition coefficient (Wildman–Crippen LogP) is 17.1. The van der Waals surface area contributed by atoms with Crippen molar-refractivity contribution >= 4 is 56.7 Å². The fourth-order valence-corrected chi connectivity index (χ4v) is 10.5. The Bertz CT molecular complexity index is 2270. The molecule has 0 radical (unpaired) electrons. The number of hydrogen-bond donors (Lipinski definition) is 0. The number of halogens is 26. The van der Waals surface area contributed by atoms with Crippen molar-refractivity contribution < 1.29 is 114 Å². The molecule has 0 saturated heterocycles. The lowest BCUT2D eigenvalue weighted by atomic mass is 9.90. The van der Waals surface area contributed by atoms with Gasteiger partial charge in [0.05, 0.1) is 9.75 Å². The quantitative estimate of drug-likeness (QED) is 0.0973. The lowest BCUT2D eigenvalue weighted by molar-refractivity contribution is -0.441. The summed E-state index contributed by atoms with van der Waals surface area (Å²) in [5.74, 6) is -76.6. The van der Waals surface area contributed by atoms with Gasteiger partial charge in [-0.05, 0) is 59.3 Å². The second kappa shape index (κ2) is 15.1. The molecule has 0 saturated carbocycles. The zero-order chi connectivity index (χ0) is 48.4. The van der Waals surface area contributed by atoms with Crippen LogP contribution in [0.4, 0.5) is 114 Å². The maximum atomic E-state index is 15.1. The molecular weight excluding hydrogens is 1040 g/mol. The summed E-state index contributed by atoms with van der Waals surface area (Å²) >= 11 is 1.66. The van der Waals surface area contributed by atoms with E-state index in [1.807, 2.05) is 0 Å². The lowest BCUT2D eigenvalue weighted by Crippen LogP contribution is -2.69. The molecule has 5 aromatic rings. The van der Waals surface area contributed by atoms with Crippen LogP contribution in [0.1, 0.15) is 11.1 Å². The van der Waals surface area contributed by atoms with Crippen molar-refractivity contribution in [3.05, 3.63) is 70.4 Å². The summed E-state index contributed by atoms with van der Waals surface area (Å²) in [4.78, 5) is -3.05. The predicted molar refractivity (Wildman–Crippen MR) is 177 cm³/mol. The van der Waals surface area contributed by atoms with Gasteiger partial charge in [-0.25, -0.2) is 0 Å². The summed E-state index contributed by atoms with van der Waals surface area (Å²) in [6.45, 7) is 0. The van der Waals surface area contributed by atoms with Crippen LogP contribution in [0.15, 0.2) is 59.3 Å². The van der Waals surface area contributed by atoms with Crippen LogP contribution < -0.4 is 0 Å². The first kappa shape index (κ1) is 50.7. The van der Waals surface area contributed by atoms with E-state index in [0.29, 0.717) is 44.8 Å². The summed E-state index contributed by atoms with van der Waals surface area (Å²) < 4.78 is 359. The highest BCUT2D eigenvalue weighted by atomic mass is 32.1. The van der Waals surface area contributed by atoms with E-state index in [4.69, 9.17) is 0 Å². The first-order chi connectivity index (χ1) is 28.1. The van der Waals surface area contributed by atoms with E-state index >= 15 is 17.6 Å². The fourth-order valence-electron chi connectivity index (χ4n) is 5.16. The third kappa shape index (κ3) is 7.21. The molecule has 0 aromatic carbocycles. The van der Waals surface area contributed by atoms with Gasteiger partial charge in [0.2, 0.25) is 0 Å². The molecule has 0 aliphatic carbocycles. The standard InChI is InChI=1S/C32H10F26S5/c33-21(34,23(37,38)25(41,42)27(45,46)29(49,50)31(53,54)55)11-7-9-59-19(11)17-5-3-15(62-17)13-1-2-14(61-13)16-4-6-18(63-16)20-12(8-10-60-20)22(35,36)24(39,40)26(43,44)28(47,48)30(51,52)32(56,57)58/h1-10H. The van der Waals surface area contributed by atoms with Gasteiger partial charge < -0.3 is 0 Å². The minimum Gasteiger partial charge on any atom is -0.194 e. The molecule has 5 rings (SSSR count). The van der Waals surface area contributed by atoms with E-state index < -0.39 is 102 Å². The van der Waals surface area contributed by atoms with Crippen LogP contribution in [-0.2, 0) is 11.8 Å². The lowest BCUT2D eigenvalue weighted by Gasteiger charge is -2.39. The van der Waals surface area contributed by atoms with Crippen LogP contribution in [0.3, 0.4) is 0 Å². The molecule has 0 N–H and O–H groups in total. The van der Waals surface area contributed by atoms with Gasteiger partial charge >= 0.3 is 71.6 Å². The van der Waals surface area contributed by atoms with Crippen molar-refractivity contribution in [2.24, 2.45) is 0 Å². The average molecular weight is 1050 g/mol. The van der Waals surface area contributed by atoms with E-state index in [0.717, 1.165) is 24.3 Å². The normalized spacial score (nSPS) is 15.1. The van der Waals surface area contributed by atoms with Crippen LogP contribution in [0.2, 0.25) is 0 Å². The van der Waals surface area contributed by atoms with Crippen molar-refractivity contribution in [3.8, 4) is 39.0 Å². The van der Waals surface area contributed by atoms with Crippen LogP contribution in [0.25, 0.3) is 39.0 Å². The zero-order valence-electron chi connectivity index (χ0n) is 28.6. The number of alkyl halides is 26. The summed E-state index contributed by atoms with van der Waals surface area (Å²) in [6.07, 6.45) is -15.2. The minimum absolute atomic E-state index is 0.00890. The highest BCUT2D eigenvalue weighted by Crippen LogP contribution is 2.65. The Balaban J connectivity index is 1.43. The van der Waals surface area contributed by atoms with Crippen LogP contribution in [0, 0.1) is 0 Å². The molecule has 0 aliphatic heterocycles. The van der Waals surface area contributed by atoms with Crippen molar-refractivity contribution in [2.45, 2.75) is 71.6 Å². The van der Waals surface area contributed by atoms with Gasteiger partial charge in [0.25, 0.3) is 0 Å². The van der Waals surface area contributed by atoms with Crippen molar-refractivity contribution in [2.75, 3.05) is 0 Å². The smallest absolute Gasteiger partial charge is 0.194 e. The first-order valence-corrected chi connectivity index (χ1v) is 19.7. The third-order valence-corrected chi connectivity index (χ3v) is 14.5. The van der Waals surface area contributed by atoms with E-state index in [1.54, 1.807) is 0 Å². The molecule has 0 fully saturated rings. The summed E-state index contributed by atoms with van der Waals surface area (Å²) in [6, 6.07) is 6.26. The molecule has 5 aromatic heterocycles. The largest absolute Gasteiger partial charge is 0.460 e. The maximum absolute atomic E-state index is 15.1. The summed E-state index contributed by atoms with van der Waals surface area (Å²) in [7, 11) is 0. The molecule has 0 unspecified atom stereocenters. The molecular formula is C32H10F26S5. The Labute approximate surface area is 351 Å². The highest BCUT2D eigenvalue weighted by Gasteiger charge is 2.92. The molecule has 0 bridgehead atoms. The van der Waals surface area contributed by atoms with Gasteiger partial charge in [-0.1, -0.05) is 0 Å². The van der Waals surface area contributed by atoms with Crippen molar-refractivity contribution in [1.29, 1.82) is 0 Å². The molecule has 350 valence electrons. The Morgan fingerprint density at radius 2 is 0.476 bits per heavy atom. The SMILES string of the molecule is FC(F)(F)C(F)(F)C(F)(F)C(F)(F)C(F)(F)C(F)(F)c1ccsc1-c1ccc(-c2ccc(-c3ccc(-c4sccc4C(F)(F)C(F)(F)C(F)(F)C(F)(F)C(F)(F)C(F)(F)F)s3)s2)s1. The molecule has 31 heteroatoms. The average Bonchev–Trinajstić information content (AvgIpc) is 3.98. The third-order valence-electron chi connectivity index (χ3n) is 8.63. The van der Waals surface area contributed by atoms with E-state index in [-0.39, 0.29) is 54.3 Å². The molecule has 63 heavy (non-hydrogen) atoms. The Hall–Kier alpha value is -3.32. The molecule has 0 atom stereocenters. The second-order valence-corrected chi connectivity index (χ2v) is 17.6. The molecule has 5 heterocycles. The Morgan fingerprint density at radius 1 is 0.254 bits per heavy atom. The minimum atomic E-state index is -8.13. The van der Waals surface area contributed by atoms with Crippen LogP contribution >= 0.6 is 56.7 Å². The summed E-state index contributed by atoms with van der Waals surface area (Å²) in [5, 5.41) is 1.05. The van der Waals surface area contributed by atoms with Crippen LogP contribution in [-0.4, -0.2) is 59.7 Å². The molecule has 0 nitrogen and oxygen atoms in total. The Kier molecular flexibility index (Phi) is 12.2. The van der Waals surface area contributed by atoms with Gasteiger partial charge in [0.15, 0.2) is 0 Å². The maximum Gasteiger partial charge on any atom is 0.460 e. The summed E-state index contributed by atoms with van der Waals surface area (Å²) in [5.41, 5.74) is -4.41.